The van der Waals surface area contributed by atoms with Crippen LogP contribution < -0.4 is 0 Å². The summed E-state index contributed by atoms with van der Waals surface area (Å²) in [6, 6.07) is 0. The highest BCUT2D eigenvalue weighted by Gasteiger charge is 2.68. The molecular formula is C19H27IO. The Balaban J connectivity index is 1.59. The predicted octanol–water partition coefficient (Wildman–Crippen LogP) is 4.89. The van der Waals surface area contributed by atoms with E-state index in [1.807, 2.05) is 0 Å². The topological polar surface area (TPSA) is 17.1 Å². The fourth-order valence-corrected chi connectivity index (χ4v) is 8.58. The van der Waals surface area contributed by atoms with E-state index in [0.717, 1.165) is 41.9 Å². The van der Waals surface area contributed by atoms with E-state index >= 15 is 0 Å². The molecule has 0 aromatic carbocycles. The lowest BCUT2D eigenvalue weighted by Gasteiger charge is -2.49. The Morgan fingerprint density at radius 1 is 1.14 bits per heavy atom. The third-order valence-corrected chi connectivity index (χ3v) is 9.61. The van der Waals surface area contributed by atoms with Crippen molar-refractivity contribution in [1.82, 2.24) is 0 Å². The molecule has 0 aromatic rings. The van der Waals surface area contributed by atoms with Crippen LogP contribution in [0.3, 0.4) is 0 Å². The molecule has 4 unspecified atom stereocenters. The first-order chi connectivity index (χ1) is 9.97. The van der Waals surface area contributed by atoms with Crippen molar-refractivity contribution in [2.24, 2.45) is 47.3 Å². The van der Waals surface area contributed by atoms with Crippen molar-refractivity contribution in [2.75, 3.05) is 0 Å². The van der Waals surface area contributed by atoms with Crippen LogP contribution in [0.1, 0.15) is 46.0 Å². The molecular weight excluding hydrogens is 371 g/mol. The average molecular weight is 398 g/mol. The van der Waals surface area contributed by atoms with Gasteiger partial charge in [-0.3, -0.25) is 4.79 Å². The van der Waals surface area contributed by atoms with Crippen LogP contribution in [-0.4, -0.2) is 9.20 Å². The fourth-order valence-electron chi connectivity index (χ4n) is 6.66. The van der Waals surface area contributed by atoms with E-state index in [0.29, 0.717) is 21.0 Å². The van der Waals surface area contributed by atoms with E-state index in [1.165, 1.54) is 25.7 Å². The maximum Gasteiger partial charge on any atom is 0.158 e. The minimum Gasteiger partial charge on any atom is -0.295 e. The maximum absolute atomic E-state index is 12.0. The number of halogens is 1. The van der Waals surface area contributed by atoms with Gasteiger partial charge in [0.1, 0.15) is 0 Å². The molecule has 1 nitrogen and oxygen atoms in total. The largest absolute Gasteiger partial charge is 0.295 e. The number of carbonyl (C=O) groups is 1. The molecule has 2 heteroatoms. The van der Waals surface area contributed by atoms with Crippen LogP contribution >= 0.6 is 22.6 Å². The van der Waals surface area contributed by atoms with Crippen LogP contribution in [0.4, 0.5) is 0 Å². The van der Waals surface area contributed by atoms with E-state index in [9.17, 15) is 4.79 Å². The summed E-state index contributed by atoms with van der Waals surface area (Å²) in [7, 11) is 0. The minimum atomic E-state index is 0.306. The smallest absolute Gasteiger partial charge is 0.158 e. The maximum atomic E-state index is 12.0. The molecule has 9 atom stereocenters. The second-order valence-electron chi connectivity index (χ2n) is 8.47. The summed E-state index contributed by atoms with van der Waals surface area (Å²) in [6.45, 7) is 8.69. The number of hydrogen-bond donors (Lipinski definition) is 0. The Hall–Kier alpha value is 0.140. The SMILES string of the molecule is C=CC(=O)C1CC1[C@@]1(I)C[C@@H]2C[C@H]1C1C2[C@H](C)CC[C@@H]1C. The van der Waals surface area contributed by atoms with Gasteiger partial charge in [-0.1, -0.05) is 55.9 Å². The van der Waals surface area contributed by atoms with Crippen molar-refractivity contribution in [3.05, 3.63) is 12.7 Å². The zero-order chi connectivity index (χ0) is 14.9. The quantitative estimate of drug-likeness (QED) is 0.376. The molecule has 2 bridgehead atoms. The van der Waals surface area contributed by atoms with Gasteiger partial charge < -0.3 is 0 Å². The van der Waals surface area contributed by atoms with Crippen LogP contribution in [0.25, 0.3) is 0 Å². The first-order valence-electron chi connectivity index (χ1n) is 8.82. The number of ketones is 1. The van der Waals surface area contributed by atoms with E-state index < -0.39 is 0 Å². The number of allylic oxidation sites excluding steroid dienone is 1. The van der Waals surface area contributed by atoms with Crippen molar-refractivity contribution >= 4 is 28.4 Å². The zero-order valence-corrected chi connectivity index (χ0v) is 15.4. The molecule has 4 fully saturated rings. The number of fused-ring (bicyclic) bond motifs is 5. The molecule has 0 spiro atoms. The molecule has 4 aliphatic carbocycles. The predicted molar refractivity (Wildman–Crippen MR) is 94.3 cm³/mol. The van der Waals surface area contributed by atoms with Gasteiger partial charge in [0.05, 0.1) is 0 Å². The second-order valence-corrected chi connectivity index (χ2v) is 10.5. The molecule has 116 valence electrons. The molecule has 0 amide bonds. The number of hydrogen-bond acceptors (Lipinski definition) is 1. The first kappa shape index (κ1) is 14.7. The van der Waals surface area contributed by atoms with Crippen molar-refractivity contribution < 1.29 is 4.79 Å². The third kappa shape index (κ3) is 1.96. The Bertz CT molecular complexity index is 486. The normalized spacial score (nSPS) is 57.9. The summed E-state index contributed by atoms with van der Waals surface area (Å²) in [5.41, 5.74) is 0. The van der Waals surface area contributed by atoms with Crippen LogP contribution in [0, 0.1) is 47.3 Å². The van der Waals surface area contributed by atoms with Gasteiger partial charge in [-0.15, -0.1) is 0 Å². The molecule has 0 heterocycles. The average Bonchev–Trinajstić information content (AvgIpc) is 3.10. The minimum absolute atomic E-state index is 0.306. The first-order valence-corrected chi connectivity index (χ1v) is 9.90. The standard InChI is InChI=1S/C19H27IO/c1-4-16(21)13-8-14(13)19(20)9-12-7-15(19)18-11(3)6-5-10(2)17(12)18/h4,10-15,17-18H,1,5-9H2,2-3H3/t10-,11+,12+,13?,14?,15+,17?,18?,19+/m1/s1. The van der Waals surface area contributed by atoms with Gasteiger partial charge in [-0.2, -0.15) is 0 Å². The van der Waals surface area contributed by atoms with Gasteiger partial charge in [-0.05, 0) is 66.8 Å². The summed E-state index contributed by atoms with van der Waals surface area (Å²) in [5.74, 6) is 6.90. The van der Waals surface area contributed by atoms with E-state index in [4.69, 9.17) is 0 Å². The van der Waals surface area contributed by atoms with Crippen LogP contribution in [0.2, 0.25) is 0 Å². The Morgan fingerprint density at radius 3 is 2.48 bits per heavy atom. The summed E-state index contributed by atoms with van der Waals surface area (Å²) in [4.78, 5) is 12.0. The van der Waals surface area contributed by atoms with Crippen LogP contribution in [0.5, 0.6) is 0 Å². The molecule has 0 saturated heterocycles. The van der Waals surface area contributed by atoms with Gasteiger partial charge in [0.2, 0.25) is 0 Å². The third-order valence-electron chi connectivity index (χ3n) is 7.57. The van der Waals surface area contributed by atoms with E-state index in [-0.39, 0.29) is 0 Å². The number of rotatable bonds is 3. The number of alkyl halides is 1. The van der Waals surface area contributed by atoms with Crippen molar-refractivity contribution in [2.45, 2.75) is 49.4 Å². The molecule has 4 saturated carbocycles. The lowest BCUT2D eigenvalue weighted by molar-refractivity contribution is -0.116. The monoisotopic (exact) mass is 398 g/mol. The lowest BCUT2D eigenvalue weighted by atomic mass is 9.59. The highest BCUT2D eigenvalue weighted by atomic mass is 127. The molecule has 0 aliphatic heterocycles. The van der Waals surface area contributed by atoms with Crippen molar-refractivity contribution in [3.8, 4) is 0 Å². The van der Waals surface area contributed by atoms with Crippen LogP contribution in [0.15, 0.2) is 12.7 Å². The highest BCUT2D eigenvalue weighted by molar-refractivity contribution is 14.1. The van der Waals surface area contributed by atoms with Gasteiger partial charge in [0.15, 0.2) is 5.78 Å². The van der Waals surface area contributed by atoms with Gasteiger partial charge >= 0.3 is 0 Å². The summed E-state index contributed by atoms with van der Waals surface area (Å²) >= 11 is 2.79. The summed E-state index contributed by atoms with van der Waals surface area (Å²) in [6.07, 6.45) is 8.42. The van der Waals surface area contributed by atoms with Crippen molar-refractivity contribution in [1.29, 1.82) is 0 Å². The molecule has 0 aromatic heterocycles. The lowest BCUT2D eigenvalue weighted by Crippen LogP contribution is -2.46. The second kappa shape index (κ2) is 4.82. The van der Waals surface area contributed by atoms with E-state index in [1.54, 1.807) is 6.08 Å². The molecule has 0 radical (unpaired) electrons. The van der Waals surface area contributed by atoms with Gasteiger partial charge in [0, 0.05) is 9.34 Å². The van der Waals surface area contributed by atoms with Crippen molar-refractivity contribution in [3.63, 3.8) is 0 Å². The molecule has 0 N–H and O–H groups in total. The zero-order valence-electron chi connectivity index (χ0n) is 13.2. The Morgan fingerprint density at radius 2 is 1.81 bits per heavy atom. The fraction of sp³-hybridized carbons (Fsp3) is 0.842. The van der Waals surface area contributed by atoms with E-state index in [2.05, 4.69) is 43.0 Å². The molecule has 4 rings (SSSR count). The Kier molecular flexibility index (Phi) is 3.37. The highest BCUT2D eigenvalue weighted by Crippen LogP contribution is 2.72. The molecule has 21 heavy (non-hydrogen) atoms. The van der Waals surface area contributed by atoms with Crippen LogP contribution in [-0.2, 0) is 4.79 Å². The van der Waals surface area contributed by atoms with Gasteiger partial charge in [-0.25, -0.2) is 0 Å². The summed E-state index contributed by atoms with van der Waals surface area (Å²) in [5, 5.41) is 0. The van der Waals surface area contributed by atoms with Gasteiger partial charge in [0.25, 0.3) is 0 Å². The summed E-state index contributed by atoms with van der Waals surface area (Å²) < 4.78 is 0.429. The molecule has 4 aliphatic rings. The number of carbonyl (C=O) groups excluding carboxylic acids is 1. The Labute approximate surface area is 142 Å².